The van der Waals surface area contributed by atoms with Gasteiger partial charge in [-0.15, -0.1) is 13.2 Å². The molecule has 0 fully saturated rings. The number of thioether (sulfide) groups is 1. The van der Waals surface area contributed by atoms with Gasteiger partial charge in [-0.3, -0.25) is 14.4 Å². The zero-order valence-electron chi connectivity index (χ0n) is 18.3. The van der Waals surface area contributed by atoms with Crippen LogP contribution in [-0.2, 0) is 9.59 Å². The van der Waals surface area contributed by atoms with Crippen LogP contribution in [0.1, 0.15) is 41.5 Å². The van der Waals surface area contributed by atoms with Crippen LogP contribution in [0.5, 0.6) is 11.5 Å². The molecular formula is C23H28N2O6S. The summed E-state index contributed by atoms with van der Waals surface area (Å²) in [6, 6.07) is 10.9. The minimum Gasteiger partial charge on any atom is -0.507 e. The van der Waals surface area contributed by atoms with Crippen molar-refractivity contribution < 1.29 is 29.0 Å². The fraction of sp³-hybridized carbons (Fsp3) is 0.217. The average molecular weight is 461 g/mol. The number of para-hydroxylation sites is 2. The second-order valence-corrected chi connectivity index (χ2v) is 6.65. The zero-order chi connectivity index (χ0) is 24.7. The van der Waals surface area contributed by atoms with E-state index in [4.69, 9.17) is 10.5 Å². The lowest BCUT2D eigenvalue weighted by Crippen LogP contribution is -2.45. The predicted octanol–water partition coefficient (Wildman–Crippen LogP) is 3.30. The van der Waals surface area contributed by atoms with Gasteiger partial charge in [-0.05, 0) is 24.3 Å². The van der Waals surface area contributed by atoms with Crippen molar-refractivity contribution in [3.63, 3.8) is 0 Å². The Morgan fingerprint density at radius 1 is 1.03 bits per heavy atom. The van der Waals surface area contributed by atoms with Gasteiger partial charge < -0.3 is 20.9 Å². The minimum absolute atomic E-state index is 0.00315. The maximum atomic E-state index is 12.5. The number of aromatic hydroxyl groups is 1. The van der Waals surface area contributed by atoms with Crippen LogP contribution in [0.2, 0.25) is 0 Å². The molecule has 0 aliphatic heterocycles. The van der Waals surface area contributed by atoms with Gasteiger partial charge in [0.15, 0.2) is 0 Å². The first kappa shape index (κ1) is 28.4. The highest BCUT2D eigenvalue weighted by Gasteiger charge is 2.22. The molecule has 2 amide bonds. The Labute approximate surface area is 191 Å². The van der Waals surface area contributed by atoms with Gasteiger partial charge in [0.2, 0.25) is 16.9 Å². The summed E-state index contributed by atoms with van der Waals surface area (Å²) in [6.45, 7) is 11.2. The smallest absolute Gasteiger partial charge is 0.347 e. The fourth-order valence-corrected chi connectivity index (χ4v) is 3.09. The van der Waals surface area contributed by atoms with E-state index in [2.05, 4.69) is 18.5 Å². The largest absolute Gasteiger partial charge is 0.507 e. The van der Waals surface area contributed by atoms with E-state index >= 15 is 0 Å². The van der Waals surface area contributed by atoms with Crippen LogP contribution in [0.15, 0.2) is 61.7 Å². The molecule has 0 saturated heterocycles. The third-order valence-electron chi connectivity index (χ3n) is 3.54. The third-order valence-corrected chi connectivity index (χ3v) is 4.52. The minimum atomic E-state index is -1.01. The van der Waals surface area contributed by atoms with Crippen molar-refractivity contribution in [2.45, 2.75) is 26.8 Å². The Kier molecular flexibility index (Phi) is 13.5. The van der Waals surface area contributed by atoms with E-state index in [-0.39, 0.29) is 28.4 Å². The molecule has 0 bridgehead atoms. The number of ether oxygens (including phenoxy) is 1. The fourth-order valence-electron chi connectivity index (χ4n) is 2.20. The highest BCUT2D eigenvalue weighted by molar-refractivity contribution is 8.14. The molecule has 8 nitrogen and oxygen atoms in total. The molecule has 0 spiro atoms. The number of hydrogen-bond acceptors (Lipinski definition) is 7. The summed E-state index contributed by atoms with van der Waals surface area (Å²) in [6.07, 6.45) is 0. The van der Waals surface area contributed by atoms with Gasteiger partial charge in [-0.25, -0.2) is 4.79 Å². The number of rotatable bonds is 7. The number of phenolic OH excluding ortho intramolecular Hbond substituents is 1. The number of nitrogens with two attached hydrogens (primary N) is 1. The molecule has 0 aromatic heterocycles. The Morgan fingerprint density at radius 2 is 1.56 bits per heavy atom. The number of esters is 1. The highest BCUT2D eigenvalue weighted by Crippen LogP contribution is 2.26. The lowest BCUT2D eigenvalue weighted by Gasteiger charge is -2.14. The molecule has 0 aliphatic carbocycles. The van der Waals surface area contributed by atoms with Crippen LogP contribution in [0.4, 0.5) is 0 Å². The van der Waals surface area contributed by atoms with E-state index in [1.54, 1.807) is 24.3 Å². The maximum Gasteiger partial charge on any atom is 0.347 e. The van der Waals surface area contributed by atoms with Gasteiger partial charge in [0.1, 0.15) is 23.1 Å². The van der Waals surface area contributed by atoms with Crippen LogP contribution < -0.4 is 15.8 Å². The molecule has 2 rings (SSSR count). The summed E-state index contributed by atoms with van der Waals surface area (Å²) in [7, 11) is 0. The SMILES string of the molecule is C=C.CC.CC(=O)NC(CSC(=O)c1ccccc1OC(=O)c1ccccc1O)C(N)=O. The second kappa shape index (κ2) is 15.2. The molecular weight excluding hydrogens is 432 g/mol. The Hall–Kier alpha value is -3.59. The van der Waals surface area contributed by atoms with E-state index in [1.165, 1.54) is 31.2 Å². The first-order valence-corrected chi connectivity index (χ1v) is 10.6. The standard InChI is InChI=1S/C19H18N2O6S.C2H6.C2H4/c1-11(22)21-14(17(20)24)10-28-19(26)13-7-3-5-9-16(13)27-18(25)12-6-2-4-8-15(12)23;2*1-2/h2-9,14,23H,10H2,1H3,(H2,20,24)(H,21,22);1-2H3;1-2H2. The molecule has 32 heavy (non-hydrogen) atoms. The molecule has 172 valence electrons. The summed E-state index contributed by atoms with van der Waals surface area (Å²) < 4.78 is 5.26. The number of phenols is 1. The molecule has 0 aliphatic rings. The summed E-state index contributed by atoms with van der Waals surface area (Å²) in [4.78, 5) is 47.3. The molecule has 1 unspecified atom stereocenters. The maximum absolute atomic E-state index is 12.5. The number of carbonyl (C=O) groups excluding carboxylic acids is 4. The predicted molar refractivity (Wildman–Crippen MR) is 126 cm³/mol. The summed E-state index contributed by atoms with van der Waals surface area (Å²) in [5.74, 6) is -2.36. The van der Waals surface area contributed by atoms with Gasteiger partial charge in [0.25, 0.3) is 0 Å². The van der Waals surface area contributed by atoms with Crippen molar-refractivity contribution in [3.8, 4) is 11.5 Å². The van der Waals surface area contributed by atoms with E-state index in [0.717, 1.165) is 11.8 Å². The number of amides is 2. The topological polar surface area (TPSA) is 136 Å². The first-order valence-electron chi connectivity index (χ1n) is 9.62. The molecule has 0 radical (unpaired) electrons. The Bertz CT molecular complexity index is 932. The second-order valence-electron chi connectivity index (χ2n) is 5.66. The van der Waals surface area contributed by atoms with Crippen LogP contribution >= 0.6 is 11.8 Å². The quantitative estimate of drug-likeness (QED) is 0.328. The van der Waals surface area contributed by atoms with Crippen molar-refractivity contribution in [3.05, 3.63) is 72.8 Å². The summed E-state index contributed by atoms with van der Waals surface area (Å²) in [5, 5.41) is 11.6. The average Bonchev–Trinajstić information content (AvgIpc) is 2.79. The van der Waals surface area contributed by atoms with Gasteiger partial charge in [0.05, 0.1) is 5.56 Å². The molecule has 2 aromatic carbocycles. The molecule has 9 heteroatoms. The zero-order valence-corrected chi connectivity index (χ0v) is 19.1. The van der Waals surface area contributed by atoms with Crippen molar-refractivity contribution in [1.82, 2.24) is 5.32 Å². The van der Waals surface area contributed by atoms with Crippen LogP contribution in [-0.4, -0.2) is 39.8 Å². The highest BCUT2D eigenvalue weighted by atomic mass is 32.2. The first-order chi connectivity index (χ1) is 15.3. The van der Waals surface area contributed by atoms with Crippen molar-refractivity contribution in [2.75, 3.05) is 5.75 Å². The number of primary amides is 1. The van der Waals surface area contributed by atoms with Crippen LogP contribution in [0.25, 0.3) is 0 Å². The van der Waals surface area contributed by atoms with Crippen LogP contribution in [0, 0.1) is 0 Å². The van der Waals surface area contributed by atoms with E-state index in [9.17, 15) is 24.3 Å². The lowest BCUT2D eigenvalue weighted by atomic mass is 10.2. The van der Waals surface area contributed by atoms with Gasteiger partial charge >= 0.3 is 5.97 Å². The third kappa shape index (κ3) is 9.05. The van der Waals surface area contributed by atoms with Crippen molar-refractivity contribution >= 4 is 34.7 Å². The molecule has 1 atom stereocenters. The van der Waals surface area contributed by atoms with Crippen molar-refractivity contribution in [2.24, 2.45) is 5.73 Å². The lowest BCUT2D eigenvalue weighted by molar-refractivity contribution is -0.125. The Morgan fingerprint density at radius 3 is 2.09 bits per heavy atom. The van der Waals surface area contributed by atoms with Gasteiger partial charge in [-0.2, -0.15) is 0 Å². The normalized spacial score (nSPS) is 10.2. The van der Waals surface area contributed by atoms with Crippen molar-refractivity contribution in [1.29, 1.82) is 0 Å². The molecule has 0 heterocycles. The molecule has 0 saturated carbocycles. The van der Waals surface area contributed by atoms with Crippen LogP contribution in [0.3, 0.4) is 0 Å². The Balaban J connectivity index is 0.00000227. The van der Waals surface area contributed by atoms with E-state index < -0.39 is 28.9 Å². The summed E-state index contributed by atoms with van der Waals surface area (Å²) >= 11 is 0.753. The molecule has 2 aromatic rings. The van der Waals surface area contributed by atoms with E-state index in [1.807, 2.05) is 13.8 Å². The molecule has 4 N–H and O–H groups in total. The summed E-state index contributed by atoms with van der Waals surface area (Å²) in [5.41, 5.74) is 5.27. The number of hydrogen-bond donors (Lipinski definition) is 3. The van der Waals surface area contributed by atoms with Gasteiger partial charge in [0, 0.05) is 12.7 Å². The number of carbonyl (C=O) groups is 4. The van der Waals surface area contributed by atoms with Gasteiger partial charge in [-0.1, -0.05) is 49.9 Å². The van der Waals surface area contributed by atoms with E-state index in [0.29, 0.717) is 0 Å². The number of benzene rings is 2. The number of nitrogens with one attached hydrogen (secondary N) is 1. The monoisotopic (exact) mass is 460 g/mol.